The highest BCUT2D eigenvalue weighted by Gasteiger charge is 2.09. The summed E-state index contributed by atoms with van der Waals surface area (Å²) in [7, 11) is -3.35. The van der Waals surface area contributed by atoms with Gasteiger partial charge in [0.05, 0.1) is 16.8 Å². The van der Waals surface area contributed by atoms with Gasteiger partial charge in [0, 0.05) is 5.69 Å². The number of anilines is 1. The van der Waals surface area contributed by atoms with Crippen molar-refractivity contribution in [3.05, 3.63) is 28.8 Å². The molecule has 1 aromatic carbocycles. The average molecular weight is 268 g/mol. The van der Waals surface area contributed by atoms with Crippen molar-refractivity contribution in [2.24, 2.45) is 0 Å². The lowest BCUT2D eigenvalue weighted by Gasteiger charge is -2.05. The minimum atomic E-state index is -3.35. The summed E-state index contributed by atoms with van der Waals surface area (Å²) < 4.78 is 24.0. The fraction of sp³-hybridized carbons (Fsp3) is 0.125. The van der Waals surface area contributed by atoms with Gasteiger partial charge in [-0.1, -0.05) is 11.6 Å². The molecule has 0 bridgehead atoms. The monoisotopic (exact) mass is 267 g/mol. The zero-order chi connectivity index (χ0) is 11.6. The van der Waals surface area contributed by atoms with Crippen LogP contribution in [0.4, 0.5) is 5.69 Å². The van der Waals surface area contributed by atoms with Crippen LogP contribution in [0.5, 0.6) is 0 Å². The van der Waals surface area contributed by atoms with Gasteiger partial charge in [-0.2, -0.15) is 0 Å². The van der Waals surface area contributed by atoms with Crippen LogP contribution in [-0.2, 0) is 10.0 Å². The number of hydrogen-bond acceptors (Lipinski definition) is 3. The maximum Gasteiger partial charge on any atom is 0.253 e. The Kier molecular flexibility index (Phi) is 3.59. The number of benzene rings is 1. The van der Waals surface area contributed by atoms with Crippen LogP contribution in [-0.4, -0.2) is 19.9 Å². The molecule has 0 aliphatic carbocycles. The zero-order valence-electron chi connectivity index (χ0n) is 7.62. The maximum atomic E-state index is 10.9. The highest BCUT2D eigenvalue weighted by atomic mass is 35.5. The molecule has 15 heavy (non-hydrogen) atoms. The molecule has 0 aromatic heterocycles. The first-order chi connectivity index (χ1) is 6.79. The molecule has 0 spiro atoms. The van der Waals surface area contributed by atoms with Crippen molar-refractivity contribution in [3.63, 3.8) is 0 Å². The van der Waals surface area contributed by atoms with E-state index in [9.17, 15) is 13.2 Å². The summed E-state index contributed by atoms with van der Waals surface area (Å²) in [5.74, 6) is 0. The van der Waals surface area contributed by atoms with E-state index in [0.29, 0.717) is 0 Å². The quantitative estimate of drug-likeness (QED) is 0.854. The van der Waals surface area contributed by atoms with Gasteiger partial charge in [0.1, 0.15) is 0 Å². The summed E-state index contributed by atoms with van der Waals surface area (Å²) in [6.07, 6.45) is 1.02. The molecule has 0 aliphatic rings. The van der Waals surface area contributed by atoms with E-state index in [4.69, 9.17) is 23.2 Å². The Balaban J connectivity index is 3.07. The Bertz CT molecular complexity index is 499. The van der Waals surface area contributed by atoms with Crippen LogP contribution in [0.25, 0.3) is 0 Å². The Morgan fingerprint density at radius 2 is 2.00 bits per heavy atom. The highest BCUT2D eigenvalue weighted by Crippen LogP contribution is 2.22. The van der Waals surface area contributed by atoms with Crippen molar-refractivity contribution in [1.82, 2.24) is 0 Å². The molecule has 0 aliphatic heterocycles. The van der Waals surface area contributed by atoms with E-state index in [0.717, 1.165) is 6.26 Å². The van der Waals surface area contributed by atoms with Crippen molar-refractivity contribution in [2.75, 3.05) is 11.0 Å². The lowest BCUT2D eigenvalue weighted by molar-refractivity contribution is 0.108. The summed E-state index contributed by atoms with van der Waals surface area (Å²) in [5.41, 5.74) is 0.418. The summed E-state index contributed by atoms with van der Waals surface area (Å²) in [6, 6.07) is 4.08. The van der Waals surface area contributed by atoms with Gasteiger partial charge in [-0.15, -0.1) is 0 Å². The van der Waals surface area contributed by atoms with E-state index in [1.165, 1.54) is 18.2 Å². The molecule has 0 fully saturated rings. The lowest BCUT2D eigenvalue weighted by atomic mass is 10.2. The molecule has 0 amide bonds. The van der Waals surface area contributed by atoms with Gasteiger partial charge in [-0.05, 0) is 29.8 Å². The summed E-state index contributed by atoms with van der Waals surface area (Å²) in [4.78, 5) is 10.8. The van der Waals surface area contributed by atoms with Gasteiger partial charge < -0.3 is 0 Å². The van der Waals surface area contributed by atoms with E-state index < -0.39 is 15.3 Å². The third-order valence-corrected chi connectivity index (χ3v) is 2.61. The van der Waals surface area contributed by atoms with Gasteiger partial charge in [0.2, 0.25) is 10.0 Å². The maximum absolute atomic E-state index is 10.9. The fourth-order valence-corrected chi connectivity index (χ4v) is 1.99. The van der Waals surface area contributed by atoms with Crippen molar-refractivity contribution in [1.29, 1.82) is 0 Å². The molecule has 7 heteroatoms. The van der Waals surface area contributed by atoms with Crippen LogP contribution < -0.4 is 4.72 Å². The van der Waals surface area contributed by atoms with Crippen LogP contribution in [0.2, 0.25) is 5.02 Å². The third-order valence-electron chi connectivity index (χ3n) is 1.48. The Morgan fingerprint density at radius 1 is 1.40 bits per heavy atom. The topological polar surface area (TPSA) is 63.2 Å². The van der Waals surface area contributed by atoms with Gasteiger partial charge in [0.15, 0.2) is 0 Å². The van der Waals surface area contributed by atoms with E-state index in [2.05, 4.69) is 4.72 Å². The van der Waals surface area contributed by atoms with Crippen molar-refractivity contribution < 1.29 is 13.2 Å². The van der Waals surface area contributed by atoms with Gasteiger partial charge >= 0.3 is 0 Å². The fourth-order valence-electron chi connectivity index (χ4n) is 0.952. The lowest BCUT2D eigenvalue weighted by Crippen LogP contribution is -2.09. The minimum Gasteiger partial charge on any atom is -0.284 e. The van der Waals surface area contributed by atoms with Crippen LogP contribution in [0.3, 0.4) is 0 Å². The Hall–Kier alpha value is -0.780. The van der Waals surface area contributed by atoms with E-state index in [-0.39, 0.29) is 16.3 Å². The van der Waals surface area contributed by atoms with Crippen LogP contribution in [0.15, 0.2) is 18.2 Å². The first-order valence-electron chi connectivity index (χ1n) is 3.77. The Morgan fingerprint density at radius 3 is 2.40 bits per heavy atom. The smallest absolute Gasteiger partial charge is 0.253 e. The number of nitrogens with one attached hydrogen (secondary N) is 1. The molecule has 4 nitrogen and oxygen atoms in total. The SMILES string of the molecule is CS(=O)(=O)Nc1ccc(C(=O)Cl)c(Cl)c1. The van der Waals surface area contributed by atoms with Crippen molar-refractivity contribution in [3.8, 4) is 0 Å². The summed E-state index contributed by atoms with van der Waals surface area (Å²) in [5, 5.41) is -0.588. The number of rotatable bonds is 3. The second kappa shape index (κ2) is 4.38. The second-order valence-electron chi connectivity index (χ2n) is 2.84. The molecular weight excluding hydrogens is 261 g/mol. The molecular formula is C8H7Cl2NO3S. The molecule has 0 saturated carbocycles. The van der Waals surface area contributed by atoms with Crippen LogP contribution >= 0.6 is 23.2 Å². The number of halogens is 2. The second-order valence-corrected chi connectivity index (χ2v) is 5.34. The standard InChI is InChI=1S/C8H7Cl2NO3S/c1-15(13,14)11-5-2-3-6(8(10)12)7(9)4-5/h2-4,11H,1H3. The molecule has 82 valence electrons. The summed E-state index contributed by atoms with van der Waals surface area (Å²) in [6.45, 7) is 0. The number of carbonyl (C=O) groups is 1. The minimum absolute atomic E-state index is 0.101. The highest BCUT2D eigenvalue weighted by molar-refractivity contribution is 7.92. The van der Waals surface area contributed by atoms with Gasteiger partial charge in [0.25, 0.3) is 5.24 Å². The molecule has 0 unspecified atom stereocenters. The van der Waals surface area contributed by atoms with Crippen molar-refractivity contribution in [2.45, 2.75) is 0 Å². The normalized spacial score (nSPS) is 11.1. The molecule has 0 radical (unpaired) electrons. The molecule has 0 heterocycles. The van der Waals surface area contributed by atoms with Crippen molar-refractivity contribution >= 4 is 44.2 Å². The molecule has 1 aromatic rings. The number of carbonyl (C=O) groups excluding carboxylic acids is 1. The first-order valence-corrected chi connectivity index (χ1v) is 6.41. The molecule has 0 saturated heterocycles. The number of hydrogen-bond donors (Lipinski definition) is 1. The predicted molar refractivity (Wildman–Crippen MR) is 60.1 cm³/mol. The third kappa shape index (κ3) is 3.70. The zero-order valence-corrected chi connectivity index (χ0v) is 9.95. The van der Waals surface area contributed by atoms with Crippen LogP contribution in [0, 0.1) is 0 Å². The van der Waals surface area contributed by atoms with Crippen LogP contribution in [0.1, 0.15) is 10.4 Å². The van der Waals surface area contributed by atoms with E-state index in [1.807, 2.05) is 0 Å². The first kappa shape index (κ1) is 12.3. The largest absolute Gasteiger partial charge is 0.284 e. The van der Waals surface area contributed by atoms with Gasteiger partial charge in [-0.3, -0.25) is 9.52 Å². The average Bonchev–Trinajstić information content (AvgIpc) is 1.99. The summed E-state index contributed by atoms with van der Waals surface area (Å²) >= 11 is 10.9. The molecule has 0 atom stereocenters. The molecule has 1 N–H and O–H groups in total. The Labute approximate surface area is 97.2 Å². The number of sulfonamides is 1. The van der Waals surface area contributed by atoms with E-state index in [1.54, 1.807) is 0 Å². The van der Waals surface area contributed by atoms with Gasteiger partial charge in [-0.25, -0.2) is 8.42 Å². The molecule has 1 rings (SSSR count). The predicted octanol–water partition coefficient (Wildman–Crippen LogP) is 2.09. The van der Waals surface area contributed by atoms with E-state index >= 15 is 0 Å².